The van der Waals surface area contributed by atoms with Crippen LogP contribution in [0, 0.1) is 0 Å². The van der Waals surface area contributed by atoms with Crippen molar-refractivity contribution in [3.05, 3.63) is 94.2 Å². The van der Waals surface area contributed by atoms with Crippen LogP contribution in [0.3, 0.4) is 0 Å². The van der Waals surface area contributed by atoms with Crippen molar-refractivity contribution >= 4 is 44.7 Å². The minimum Gasteiger partial charge on any atom is -0.335 e. The molecule has 4 rings (SSSR count). The molecule has 0 aliphatic heterocycles. The molecule has 0 saturated heterocycles. The van der Waals surface area contributed by atoms with E-state index in [2.05, 4.69) is 30.4 Å². The molecule has 3 aromatic rings. The summed E-state index contributed by atoms with van der Waals surface area (Å²) in [6.45, 7) is 0.630. The summed E-state index contributed by atoms with van der Waals surface area (Å²) in [6.07, 6.45) is 4.31. The molecule has 0 radical (unpaired) electrons. The Bertz CT molecular complexity index is 1670. The first-order valence-electron chi connectivity index (χ1n) is 13.6. The average Bonchev–Trinajstić information content (AvgIpc) is 3.45. The van der Waals surface area contributed by atoms with Crippen LogP contribution in [-0.4, -0.2) is 47.6 Å². The van der Waals surface area contributed by atoms with Crippen LogP contribution in [0.4, 0.5) is 0 Å². The van der Waals surface area contributed by atoms with E-state index in [9.17, 15) is 18.0 Å². The van der Waals surface area contributed by atoms with Gasteiger partial charge in [0.1, 0.15) is 10.7 Å². The predicted molar refractivity (Wildman–Crippen MR) is 166 cm³/mol. The Morgan fingerprint density at radius 3 is 2.36 bits per heavy atom. The molecule has 1 fully saturated rings. The van der Waals surface area contributed by atoms with E-state index in [1.807, 2.05) is 35.7 Å². The highest BCUT2D eigenvalue weighted by Crippen LogP contribution is 2.50. The summed E-state index contributed by atoms with van der Waals surface area (Å²) in [6, 6.07) is 9.96. The lowest BCUT2D eigenvalue weighted by atomic mass is 9.92. The lowest BCUT2D eigenvalue weighted by Gasteiger charge is -2.27. The number of hydrogen-bond donors (Lipinski definition) is 2. The molecular formula is C26H31N11O4S3. The minimum absolute atomic E-state index is 0.0584. The molecule has 0 atom stereocenters. The minimum atomic E-state index is -4.56. The topological polar surface area (TPSA) is 237 Å². The molecule has 2 amide bonds. The smallest absolute Gasteiger partial charge is 0.315 e. The number of azide groups is 2. The first-order valence-corrected chi connectivity index (χ1v) is 16.9. The summed E-state index contributed by atoms with van der Waals surface area (Å²) in [4.78, 5) is 38.8. The normalized spacial score (nSPS) is 13.4. The maximum absolute atomic E-state index is 14.2. The number of carbonyl (C=O) groups is 2. The maximum Gasteiger partial charge on any atom is 0.315 e. The van der Waals surface area contributed by atoms with Crippen molar-refractivity contribution in [1.29, 1.82) is 0 Å². The van der Waals surface area contributed by atoms with Gasteiger partial charge in [-0.25, -0.2) is 16.0 Å². The molecule has 1 aliphatic rings. The second kappa shape index (κ2) is 14.6. The third kappa shape index (κ3) is 8.12. The fraction of sp³-hybridized carbons (Fsp3) is 0.423. The Kier molecular flexibility index (Phi) is 10.9. The lowest BCUT2D eigenvalue weighted by molar-refractivity contribution is -0.134. The highest BCUT2D eigenvalue weighted by Gasteiger charge is 2.53. The second-order valence-corrected chi connectivity index (χ2v) is 13.6. The first-order chi connectivity index (χ1) is 21.1. The average molecular weight is 658 g/mol. The van der Waals surface area contributed by atoms with E-state index in [1.54, 1.807) is 16.2 Å². The Labute approximate surface area is 261 Å². The third-order valence-corrected chi connectivity index (χ3v) is 9.71. The summed E-state index contributed by atoms with van der Waals surface area (Å²) in [7, 11) is -4.56. The second-order valence-electron chi connectivity index (χ2n) is 10.2. The van der Waals surface area contributed by atoms with E-state index in [1.165, 1.54) is 5.56 Å². The number of nitrogens with two attached hydrogens (primary N) is 2. The first kappa shape index (κ1) is 32.9. The van der Waals surface area contributed by atoms with Crippen LogP contribution in [0.2, 0.25) is 0 Å². The summed E-state index contributed by atoms with van der Waals surface area (Å²) >= 11 is 2.64. The number of nitrogens with zero attached hydrogens (tertiary/aromatic N) is 9. The number of rotatable bonds is 16. The molecular weight excluding hydrogens is 627 g/mol. The van der Waals surface area contributed by atoms with Crippen molar-refractivity contribution in [3.63, 3.8) is 0 Å². The largest absolute Gasteiger partial charge is 0.335 e. The highest BCUT2D eigenvalue weighted by atomic mass is 32.2. The molecule has 44 heavy (non-hydrogen) atoms. The molecule has 1 aliphatic carbocycles. The molecule has 0 unspecified atom stereocenters. The number of benzene rings is 1. The number of hydrogen-bond acceptors (Lipinski definition) is 10. The van der Waals surface area contributed by atoms with E-state index in [4.69, 9.17) is 22.0 Å². The van der Waals surface area contributed by atoms with Crippen LogP contribution in [0.5, 0.6) is 0 Å². The van der Waals surface area contributed by atoms with E-state index >= 15 is 0 Å². The summed E-state index contributed by atoms with van der Waals surface area (Å²) < 4.78 is 23.3. The van der Waals surface area contributed by atoms with E-state index in [0.717, 1.165) is 41.7 Å². The van der Waals surface area contributed by atoms with Crippen LogP contribution in [0.15, 0.2) is 51.3 Å². The highest BCUT2D eigenvalue weighted by molar-refractivity contribution is 7.87. The predicted octanol–water partition coefficient (Wildman–Crippen LogP) is 4.47. The fourth-order valence-electron chi connectivity index (χ4n) is 4.83. The number of amides is 2. The van der Waals surface area contributed by atoms with Crippen molar-refractivity contribution in [1.82, 2.24) is 14.3 Å². The van der Waals surface area contributed by atoms with Gasteiger partial charge in [0.15, 0.2) is 0 Å². The monoisotopic (exact) mass is 657 g/mol. The van der Waals surface area contributed by atoms with E-state index < -0.39 is 21.5 Å². The zero-order chi connectivity index (χ0) is 31.7. The van der Waals surface area contributed by atoms with Gasteiger partial charge in [-0.05, 0) is 83.1 Å². The number of aryl methyl sites for hydroxylation is 2. The van der Waals surface area contributed by atoms with Gasteiger partial charge in [0.05, 0.1) is 18.5 Å². The Morgan fingerprint density at radius 2 is 1.75 bits per heavy atom. The van der Waals surface area contributed by atoms with E-state index in [0.29, 0.717) is 37.4 Å². The van der Waals surface area contributed by atoms with E-state index in [-0.39, 0.29) is 34.0 Å². The Morgan fingerprint density at radius 1 is 1.05 bits per heavy atom. The number of hydrazine groups is 1. The number of aromatic nitrogens is 1. The number of thiophene rings is 1. The molecule has 0 bridgehead atoms. The van der Waals surface area contributed by atoms with Gasteiger partial charge in [-0.1, -0.05) is 34.5 Å². The molecule has 1 aromatic carbocycles. The molecule has 4 N–H and O–H groups in total. The van der Waals surface area contributed by atoms with Gasteiger partial charge in [0, 0.05) is 27.8 Å². The molecule has 0 spiro atoms. The molecule has 232 valence electrons. The molecule has 18 heteroatoms. The molecule has 15 nitrogen and oxygen atoms in total. The molecule has 1 saturated carbocycles. The van der Waals surface area contributed by atoms with Crippen LogP contribution in [-0.2, 0) is 46.4 Å². The van der Waals surface area contributed by atoms with Gasteiger partial charge in [-0.15, -0.1) is 11.3 Å². The van der Waals surface area contributed by atoms with Crippen LogP contribution < -0.4 is 11.0 Å². The number of thiazole rings is 1. The molecule has 2 aromatic heterocycles. The quantitative estimate of drug-likeness (QED) is 0.0428. The van der Waals surface area contributed by atoms with Crippen LogP contribution in [0.25, 0.3) is 20.9 Å². The zero-order valence-corrected chi connectivity index (χ0v) is 26.1. The summed E-state index contributed by atoms with van der Waals surface area (Å²) in [5.74, 6) is 4.18. The summed E-state index contributed by atoms with van der Waals surface area (Å²) in [5.41, 5.74) is 19.5. The van der Waals surface area contributed by atoms with Gasteiger partial charge in [-0.3, -0.25) is 9.59 Å². The van der Waals surface area contributed by atoms with Gasteiger partial charge in [0.25, 0.3) is 0 Å². The van der Waals surface area contributed by atoms with Gasteiger partial charge in [-0.2, -0.15) is 24.2 Å². The summed E-state index contributed by atoms with van der Waals surface area (Å²) in [5, 5.41) is 16.5. The van der Waals surface area contributed by atoms with Crippen LogP contribution >= 0.6 is 22.7 Å². The standard InChI is InChI=1S/C26H31N11O4S3/c27-34-31-12-1-3-18-5-7-20(8-6-18)26(10-11-26)25(39)36(13-2-4-19-9-14-42-17-19)16-22-33-23(21(43-22)15-32-35-28)24(38)37(29)44(30,40)41/h5-9,14,17H,1-4,10-13,15-16,29H2,(H2,30,40,41). The van der Waals surface area contributed by atoms with Gasteiger partial charge in [0.2, 0.25) is 5.91 Å². The Hall–Kier alpha value is -4.02. The van der Waals surface area contributed by atoms with Crippen molar-refractivity contribution in [2.75, 3.05) is 13.1 Å². The van der Waals surface area contributed by atoms with Crippen molar-refractivity contribution in [3.8, 4) is 0 Å². The SMILES string of the molecule is [N-]=[N+]=NCCCc1ccc(C2(C(=O)N(CCCc3ccsc3)Cc3nc(C(=O)N(N)S(N)(=O)=O)c(CN=[N+]=[N-])s3)CC2)cc1. The maximum atomic E-state index is 14.2. The fourth-order valence-corrected chi connectivity index (χ4v) is 6.84. The van der Waals surface area contributed by atoms with Gasteiger partial charge < -0.3 is 4.90 Å². The lowest BCUT2D eigenvalue weighted by Crippen LogP contribution is -2.46. The van der Waals surface area contributed by atoms with Crippen molar-refractivity contribution < 1.29 is 18.0 Å². The van der Waals surface area contributed by atoms with Crippen molar-refractivity contribution in [2.24, 2.45) is 21.2 Å². The van der Waals surface area contributed by atoms with Crippen LogP contribution in [0.1, 0.15) is 62.7 Å². The van der Waals surface area contributed by atoms with Crippen molar-refractivity contribution in [2.45, 2.75) is 57.0 Å². The van der Waals surface area contributed by atoms with Gasteiger partial charge >= 0.3 is 16.1 Å². The zero-order valence-electron chi connectivity index (χ0n) is 23.6. The third-order valence-electron chi connectivity index (χ3n) is 7.24. The number of carbonyl (C=O) groups excluding carboxylic acids is 2. The Balaban J connectivity index is 1.59. The molecule has 2 heterocycles.